The van der Waals surface area contributed by atoms with Gasteiger partial charge in [0, 0.05) is 24.2 Å². The van der Waals surface area contributed by atoms with Crippen LogP contribution in [0, 0.1) is 5.92 Å². The summed E-state index contributed by atoms with van der Waals surface area (Å²) in [5, 5.41) is 5.59. The fourth-order valence-corrected chi connectivity index (χ4v) is 3.98. The molecule has 3 rings (SSSR count). The molecule has 8 heteroatoms. The van der Waals surface area contributed by atoms with Crippen LogP contribution in [0.2, 0.25) is 0 Å². The maximum atomic E-state index is 12.4. The predicted octanol–water partition coefficient (Wildman–Crippen LogP) is 3.75. The van der Waals surface area contributed by atoms with Crippen molar-refractivity contribution in [2.75, 3.05) is 26.3 Å². The largest absolute Gasteiger partial charge is 0.494 e. The molecule has 188 valence electrons. The Balaban J connectivity index is 1.36. The molecule has 0 bridgehead atoms. The molecule has 0 aromatic heterocycles. The summed E-state index contributed by atoms with van der Waals surface area (Å²) < 4.78 is 16.5. The molecule has 35 heavy (non-hydrogen) atoms. The monoisotopic (exact) mass is 482 g/mol. The molecule has 0 atom stereocenters. The Morgan fingerprint density at radius 2 is 1.26 bits per heavy atom. The van der Waals surface area contributed by atoms with Gasteiger partial charge in [0.25, 0.3) is 11.8 Å². The summed E-state index contributed by atoms with van der Waals surface area (Å²) in [6, 6.07) is 13.9. The zero-order valence-electron chi connectivity index (χ0n) is 20.4. The number of carbonyl (C=O) groups is 3. The van der Waals surface area contributed by atoms with Gasteiger partial charge in [0.1, 0.15) is 11.5 Å². The lowest BCUT2D eigenvalue weighted by Gasteiger charge is -2.27. The van der Waals surface area contributed by atoms with E-state index in [9.17, 15) is 14.4 Å². The zero-order valence-corrected chi connectivity index (χ0v) is 20.4. The molecule has 0 saturated heterocycles. The highest BCUT2D eigenvalue weighted by molar-refractivity contribution is 5.95. The Kier molecular flexibility index (Phi) is 9.95. The molecule has 8 nitrogen and oxygen atoms in total. The molecule has 1 aliphatic rings. The molecule has 1 saturated carbocycles. The molecule has 2 N–H and O–H groups in total. The van der Waals surface area contributed by atoms with Gasteiger partial charge in [-0.25, -0.2) is 0 Å². The number of rotatable bonds is 11. The minimum atomic E-state index is -0.221. The van der Waals surface area contributed by atoms with Crippen LogP contribution in [-0.2, 0) is 9.53 Å². The van der Waals surface area contributed by atoms with Crippen molar-refractivity contribution in [3.63, 3.8) is 0 Å². The second kappa shape index (κ2) is 13.4. The van der Waals surface area contributed by atoms with Gasteiger partial charge in [-0.15, -0.1) is 0 Å². The molecule has 2 aromatic carbocycles. The Bertz CT molecular complexity index is 966. The van der Waals surface area contributed by atoms with Crippen LogP contribution in [0.1, 0.15) is 60.2 Å². The Morgan fingerprint density at radius 3 is 1.74 bits per heavy atom. The van der Waals surface area contributed by atoms with E-state index in [-0.39, 0.29) is 29.8 Å². The summed E-state index contributed by atoms with van der Waals surface area (Å²) in [5.74, 6) is 0.836. The van der Waals surface area contributed by atoms with Crippen molar-refractivity contribution in [3.8, 4) is 11.5 Å². The van der Waals surface area contributed by atoms with Crippen molar-refractivity contribution in [2.45, 2.75) is 45.6 Å². The van der Waals surface area contributed by atoms with Gasteiger partial charge in [0.15, 0.2) is 0 Å². The van der Waals surface area contributed by atoms with Gasteiger partial charge < -0.3 is 24.8 Å². The number of amides is 2. The second-order valence-corrected chi connectivity index (χ2v) is 8.34. The predicted molar refractivity (Wildman–Crippen MR) is 132 cm³/mol. The van der Waals surface area contributed by atoms with Gasteiger partial charge in [-0.05, 0) is 88.1 Å². The highest BCUT2D eigenvalue weighted by Gasteiger charge is 2.28. The third-order valence-corrected chi connectivity index (χ3v) is 5.84. The smallest absolute Gasteiger partial charge is 0.308 e. The minimum Gasteiger partial charge on any atom is -0.494 e. The molecule has 1 aliphatic carbocycles. The van der Waals surface area contributed by atoms with E-state index >= 15 is 0 Å². The van der Waals surface area contributed by atoms with Crippen LogP contribution in [0.3, 0.4) is 0 Å². The van der Waals surface area contributed by atoms with Gasteiger partial charge >= 0.3 is 5.97 Å². The topological polar surface area (TPSA) is 103 Å². The SMILES string of the molecule is CCOC(=O)C1CCC(Oc2ccc(C(=O)NCCNC(=O)c3ccc(OCC)cc3)cc2)CC1. The van der Waals surface area contributed by atoms with E-state index in [0.717, 1.165) is 25.7 Å². The summed E-state index contributed by atoms with van der Waals surface area (Å²) in [6.45, 7) is 5.32. The van der Waals surface area contributed by atoms with Crippen LogP contribution in [-0.4, -0.2) is 50.2 Å². The summed E-state index contributed by atoms with van der Waals surface area (Å²) in [7, 11) is 0. The highest BCUT2D eigenvalue weighted by Crippen LogP contribution is 2.28. The van der Waals surface area contributed by atoms with Gasteiger partial charge in [-0.2, -0.15) is 0 Å². The molecule has 2 amide bonds. The van der Waals surface area contributed by atoms with E-state index in [0.29, 0.717) is 48.9 Å². The number of hydrogen-bond acceptors (Lipinski definition) is 6. The van der Waals surface area contributed by atoms with E-state index in [2.05, 4.69) is 10.6 Å². The zero-order chi connectivity index (χ0) is 25.0. The third kappa shape index (κ3) is 8.02. The molecular formula is C27H34N2O6. The average molecular weight is 483 g/mol. The molecule has 0 aliphatic heterocycles. The second-order valence-electron chi connectivity index (χ2n) is 8.34. The van der Waals surface area contributed by atoms with Crippen LogP contribution in [0.25, 0.3) is 0 Å². The molecule has 0 heterocycles. The summed E-state index contributed by atoms with van der Waals surface area (Å²) in [6.07, 6.45) is 3.18. The number of hydrogen-bond donors (Lipinski definition) is 2. The number of ether oxygens (including phenoxy) is 3. The molecule has 2 aromatic rings. The van der Waals surface area contributed by atoms with E-state index < -0.39 is 0 Å². The van der Waals surface area contributed by atoms with Gasteiger partial charge in [0.2, 0.25) is 0 Å². The average Bonchev–Trinajstić information content (AvgIpc) is 2.88. The van der Waals surface area contributed by atoms with Gasteiger partial charge in [-0.1, -0.05) is 0 Å². The maximum Gasteiger partial charge on any atom is 0.308 e. The Labute approximate surface area is 206 Å². The standard InChI is InChI=1S/C27H34N2O6/c1-3-33-22-11-5-19(6-12-22)25(30)28-17-18-29-26(31)20-7-13-23(14-8-20)35-24-15-9-21(10-16-24)27(32)34-4-2/h5-8,11-14,21,24H,3-4,9-10,15-18H2,1-2H3,(H,28,30)(H,29,31). The van der Waals surface area contributed by atoms with Crippen LogP contribution >= 0.6 is 0 Å². The van der Waals surface area contributed by atoms with Crippen molar-refractivity contribution in [1.82, 2.24) is 10.6 Å². The summed E-state index contributed by atoms with van der Waals surface area (Å²) in [4.78, 5) is 36.5. The van der Waals surface area contributed by atoms with Crippen molar-refractivity contribution < 1.29 is 28.6 Å². The number of esters is 1. The van der Waals surface area contributed by atoms with Crippen molar-refractivity contribution in [3.05, 3.63) is 59.7 Å². The van der Waals surface area contributed by atoms with E-state index in [1.165, 1.54) is 0 Å². The lowest BCUT2D eigenvalue weighted by Crippen LogP contribution is -2.34. The van der Waals surface area contributed by atoms with Crippen LogP contribution in [0.5, 0.6) is 11.5 Å². The van der Waals surface area contributed by atoms with Crippen LogP contribution in [0.15, 0.2) is 48.5 Å². The van der Waals surface area contributed by atoms with E-state index in [1.807, 2.05) is 13.8 Å². The van der Waals surface area contributed by atoms with Gasteiger partial charge in [-0.3, -0.25) is 14.4 Å². The van der Waals surface area contributed by atoms with Crippen LogP contribution < -0.4 is 20.1 Å². The highest BCUT2D eigenvalue weighted by atomic mass is 16.5. The lowest BCUT2D eigenvalue weighted by atomic mass is 9.87. The van der Waals surface area contributed by atoms with Gasteiger partial charge in [0.05, 0.1) is 25.2 Å². The van der Waals surface area contributed by atoms with E-state index in [1.54, 1.807) is 48.5 Å². The lowest BCUT2D eigenvalue weighted by molar-refractivity contribution is -0.149. The van der Waals surface area contributed by atoms with Crippen molar-refractivity contribution in [2.24, 2.45) is 5.92 Å². The summed E-state index contributed by atoms with van der Waals surface area (Å²) in [5.41, 5.74) is 1.05. The maximum absolute atomic E-state index is 12.4. The third-order valence-electron chi connectivity index (χ3n) is 5.84. The van der Waals surface area contributed by atoms with Crippen molar-refractivity contribution in [1.29, 1.82) is 0 Å². The fraction of sp³-hybridized carbons (Fsp3) is 0.444. The first kappa shape index (κ1) is 26.1. The fourth-order valence-electron chi connectivity index (χ4n) is 3.98. The first-order chi connectivity index (χ1) is 17.0. The molecule has 0 spiro atoms. The quantitative estimate of drug-likeness (QED) is 0.374. The first-order valence-electron chi connectivity index (χ1n) is 12.2. The minimum absolute atomic E-state index is 0.0356. The summed E-state index contributed by atoms with van der Waals surface area (Å²) >= 11 is 0. The molecular weight excluding hydrogens is 448 g/mol. The number of nitrogens with one attached hydrogen (secondary N) is 2. The Morgan fingerprint density at radius 1 is 0.743 bits per heavy atom. The Hall–Kier alpha value is -3.55. The normalized spacial score (nSPS) is 17.2. The molecule has 0 radical (unpaired) electrons. The molecule has 0 unspecified atom stereocenters. The molecule has 1 fully saturated rings. The number of benzene rings is 2. The first-order valence-corrected chi connectivity index (χ1v) is 12.2. The van der Waals surface area contributed by atoms with Crippen molar-refractivity contribution >= 4 is 17.8 Å². The van der Waals surface area contributed by atoms with Crippen LogP contribution in [0.4, 0.5) is 0 Å². The van der Waals surface area contributed by atoms with E-state index in [4.69, 9.17) is 14.2 Å². The number of carbonyl (C=O) groups excluding carboxylic acids is 3.